The van der Waals surface area contributed by atoms with Crippen LogP contribution in [0.5, 0.6) is 0 Å². The van der Waals surface area contributed by atoms with E-state index in [9.17, 15) is 42.6 Å². The van der Waals surface area contributed by atoms with Crippen molar-refractivity contribution in [2.24, 2.45) is 0 Å². The van der Waals surface area contributed by atoms with Gasteiger partial charge in [-0.15, -0.1) is 11.8 Å². The van der Waals surface area contributed by atoms with Gasteiger partial charge in [0.05, 0.1) is 25.4 Å². The Hall–Kier alpha value is -2.96. The van der Waals surface area contributed by atoms with Crippen molar-refractivity contribution in [3.63, 3.8) is 0 Å². The molecular weight excluding hydrogens is 566 g/mol. The summed E-state index contributed by atoms with van der Waals surface area (Å²) in [5.74, 6) is -2.56. The SMILES string of the molecule is CC(=O)OCC1=C(C(=O)O)N2C(=S)[C@@](C)(NC(=O)[C@H](NC(=O)N3CCN(S(C)(=O)=O)C3=O)[C@H](C)O)[C@@H]2SC1. The molecular formula is C20H27N5O10S3. The number of carbonyl (C=O) groups excluding carboxylic acids is 4. The molecule has 15 nitrogen and oxygen atoms in total. The highest BCUT2D eigenvalue weighted by molar-refractivity contribution is 8.00. The van der Waals surface area contributed by atoms with Crippen LogP contribution in [0.25, 0.3) is 0 Å². The van der Waals surface area contributed by atoms with E-state index in [4.69, 9.17) is 17.0 Å². The second-order valence-corrected chi connectivity index (χ2v) is 12.4. The number of carbonyl (C=O) groups is 5. The lowest BCUT2D eigenvalue weighted by molar-refractivity contribution is -0.140. The summed E-state index contributed by atoms with van der Waals surface area (Å²) < 4.78 is 28.9. The minimum atomic E-state index is -3.90. The minimum absolute atomic E-state index is 0.0509. The third-order valence-electron chi connectivity index (χ3n) is 6.08. The maximum Gasteiger partial charge on any atom is 0.352 e. The Labute approximate surface area is 227 Å². The number of rotatable bonds is 8. The Morgan fingerprint density at radius 1 is 1.29 bits per heavy atom. The maximum absolute atomic E-state index is 13.2. The van der Waals surface area contributed by atoms with Crippen LogP contribution in [-0.2, 0) is 29.1 Å². The standard InChI is InChI=1S/C20H27N5O10S3/c1-9(26)12(21-18(31)23-5-6-24(19(23)32)38(4,33)34)14(28)22-20(3)16(36)25-13(15(29)30)11(7-35-10(2)27)8-37-17(20)25/h9,12,17,26H,5-8H2,1-4H3,(H,21,31)(H,22,28)(H,29,30)/t9-,12+,17-,20+/m0/s1. The van der Waals surface area contributed by atoms with Gasteiger partial charge in [0.25, 0.3) is 0 Å². The number of carboxylic acids is 1. The summed E-state index contributed by atoms with van der Waals surface area (Å²) in [4.78, 5) is 63.3. The van der Waals surface area contributed by atoms with Gasteiger partial charge in [-0.1, -0.05) is 12.2 Å². The van der Waals surface area contributed by atoms with E-state index in [1.807, 2.05) is 0 Å². The summed E-state index contributed by atoms with van der Waals surface area (Å²) in [7, 11) is -3.90. The fourth-order valence-electron chi connectivity index (χ4n) is 4.16. The van der Waals surface area contributed by atoms with E-state index in [0.29, 0.717) is 14.8 Å². The molecule has 0 aromatic rings. The maximum atomic E-state index is 13.2. The van der Waals surface area contributed by atoms with Crippen molar-refractivity contribution >= 4 is 68.9 Å². The molecule has 3 aliphatic rings. The number of esters is 1. The summed E-state index contributed by atoms with van der Waals surface area (Å²) in [6.07, 6.45) is -0.614. The van der Waals surface area contributed by atoms with Crippen LogP contribution in [-0.4, -0.2) is 122 Å². The molecule has 4 atom stereocenters. The molecule has 3 aliphatic heterocycles. The predicted octanol–water partition coefficient (Wildman–Crippen LogP) is -1.36. The molecule has 0 aromatic heterocycles. The van der Waals surface area contributed by atoms with Gasteiger partial charge in [-0.2, -0.15) is 0 Å². The molecule has 3 heterocycles. The highest BCUT2D eigenvalue weighted by atomic mass is 32.2. The lowest BCUT2D eigenvalue weighted by Gasteiger charge is -2.58. The first-order valence-electron chi connectivity index (χ1n) is 11.1. The number of thiocarbonyl (C=S) groups is 1. The second-order valence-electron chi connectivity index (χ2n) is 9.00. The van der Waals surface area contributed by atoms with Crippen molar-refractivity contribution in [2.45, 2.75) is 43.8 Å². The summed E-state index contributed by atoms with van der Waals surface area (Å²) >= 11 is 6.69. The number of aliphatic hydroxyl groups excluding tert-OH is 1. The molecule has 0 bridgehead atoms. The van der Waals surface area contributed by atoms with E-state index >= 15 is 0 Å². The van der Waals surface area contributed by atoms with Crippen LogP contribution in [0.15, 0.2) is 11.3 Å². The fourth-order valence-corrected chi connectivity index (χ4v) is 6.90. The van der Waals surface area contributed by atoms with E-state index in [0.717, 1.165) is 6.26 Å². The largest absolute Gasteiger partial charge is 0.477 e. The second kappa shape index (κ2) is 10.7. The monoisotopic (exact) mass is 593 g/mol. The first kappa shape index (κ1) is 29.6. The molecule has 4 N–H and O–H groups in total. The van der Waals surface area contributed by atoms with Crippen molar-refractivity contribution in [1.29, 1.82) is 0 Å². The third kappa shape index (κ3) is 5.43. The molecule has 210 valence electrons. The van der Waals surface area contributed by atoms with Gasteiger partial charge in [0.2, 0.25) is 15.9 Å². The highest BCUT2D eigenvalue weighted by Crippen LogP contribution is 2.46. The predicted molar refractivity (Wildman–Crippen MR) is 136 cm³/mol. The van der Waals surface area contributed by atoms with Gasteiger partial charge in [-0.25, -0.2) is 32.0 Å². The number of hydrogen-bond acceptors (Lipinski definition) is 11. The van der Waals surface area contributed by atoms with E-state index < -0.39 is 63.0 Å². The number of urea groups is 2. The number of ether oxygens (including phenoxy) is 1. The number of imide groups is 1. The molecule has 0 aromatic carbocycles. The van der Waals surface area contributed by atoms with E-state index in [2.05, 4.69) is 10.6 Å². The van der Waals surface area contributed by atoms with Crippen molar-refractivity contribution in [1.82, 2.24) is 24.7 Å². The third-order valence-corrected chi connectivity index (χ3v) is 9.35. The van der Waals surface area contributed by atoms with Crippen LogP contribution in [0.3, 0.4) is 0 Å². The zero-order chi connectivity index (χ0) is 28.7. The van der Waals surface area contributed by atoms with Gasteiger partial charge in [0, 0.05) is 18.2 Å². The number of aliphatic hydroxyl groups is 1. The molecule has 3 rings (SSSR count). The lowest BCUT2D eigenvalue weighted by atomic mass is 9.88. The molecule has 0 spiro atoms. The van der Waals surface area contributed by atoms with Crippen LogP contribution in [0, 0.1) is 0 Å². The number of nitrogens with zero attached hydrogens (tertiary/aromatic N) is 3. The highest BCUT2D eigenvalue weighted by Gasteiger charge is 2.60. The molecule has 38 heavy (non-hydrogen) atoms. The Morgan fingerprint density at radius 2 is 1.92 bits per heavy atom. The Kier molecular flexibility index (Phi) is 8.30. The summed E-state index contributed by atoms with van der Waals surface area (Å²) in [6, 6.07) is -3.73. The van der Waals surface area contributed by atoms with Gasteiger partial charge in [-0.3, -0.25) is 9.59 Å². The number of carboxylic acid groups (broad SMARTS) is 1. The molecule has 5 amide bonds. The number of fused-ring (bicyclic) bond motifs is 1. The van der Waals surface area contributed by atoms with Gasteiger partial charge in [-0.05, 0) is 13.8 Å². The zero-order valence-corrected chi connectivity index (χ0v) is 23.2. The average Bonchev–Trinajstić information content (AvgIpc) is 3.21. The van der Waals surface area contributed by atoms with E-state index in [1.165, 1.54) is 30.5 Å². The molecule has 0 saturated carbocycles. The topological polar surface area (TPSA) is 203 Å². The summed E-state index contributed by atoms with van der Waals surface area (Å²) in [5, 5.41) is 24.2. The molecule has 2 fully saturated rings. The van der Waals surface area contributed by atoms with Gasteiger partial charge in [0.15, 0.2) is 0 Å². The number of nitrogens with one attached hydrogen (secondary N) is 2. The van der Waals surface area contributed by atoms with Crippen molar-refractivity contribution in [2.75, 3.05) is 31.7 Å². The first-order valence-corrected chi connectivity index (χ1v) is 14.4. The van der Waals surface area contributed by atoms with Gasteiger partial charge in [0.1, 0.15) is 34.2 Å². The Bertz CT molecular complexity index is 1240. The van der Waals surface area contributed by atoms with Crippen molar-refractivity contribution in [3.8, 4) is 0 Å². The van der Waals surface area contributed by atoms with Crippen molar-refractivity contribution < 1.29 is 47.3 Å². The van der Waals surface area contributed by atoms with Crippen LogP contribution >= 0.6 is 24.0 Å². The van der Waals surface area contributed by atoms with Crippen LogP contribution in [0.1, 0.15) is 20.8 Å². The lowest BCUT2D eigenvalue weighted by Crippen LogP contribution is -2.79. The molecule has 0 aliphatic carbocycles. The molecule has 2 saturated heterocycles. The van der Waals surface area contributed by atoms with Crippen LogP contribution in [0.4, 0.5) is 9.59 Å². The Morgan fingerprint density at radius 3 is 2.42 bits per heavy atom. The minimum Gasteiger partial charge on any atom is -0.477 e. The summed E-state index contributed by atoms with van der Waals surface area (Å²) in [6.45, 7) is 3.25. The quantitative estimate of drug-likeness (QED) is 0.190. The van der Waals surface area contributed by atoms with E-state index in [-0.39, 0.29) is 36.1 Å². The number of thioether (sulfide) groups is 1. The van der Waals surface area contributed by atoms with Gasteiger partial charge >= 0.3 is 24.0 Å². The fraction of sp³-hybridized carbons (Fsp3) is 0.600. The number of hydrogen-bond donors (Lipinski definition) is 4. The van der Waals surface area contributed by atoms with Crippen molar-refractivity contribution in [3.05, 3.63) is 11.3 Å². The van der Waals surface area contributed by atoms with Crippen LogP contribution in [0.2, 0.25) is 0 Å². The van der Waals surface area contributed by atoms with Crippen LogP contribution < -0.4 is 10.6 Å². The normalized spacial score (nSPS) is 24.9. The average molecular weight is 594 g/mol. The number of amides is 5. The number of aliphatic carboxylic acids is 1. The van der Waals surface area contributed by atoms with E-state index in [1.54, 1.807) is 6.92 Å². The Balaban J connectivity index is 1.74. The molecule has 0 unspecified atom stereocenters. The zero-order valence-electron chi connectivity index (χ0n) is 20.8. The first-order chi connectivity index (χ1) is 17.5. The number of sulfonamides is 1. The van der Waals surface area contributed by atoms with Gasteiger partial charge < -0.3 is 30.5 Å². The smallest absolute Gasteiger partial charge is 0.352 e. The summed E-state index contributed by atoms with van der Waals surface area (Å²) in [5.41, 5.74) is -1.08. The molecule has 0 radical (unpaired) electrons. The molecule has 18 heteroatoms.